The van der Waals surface area contributed by atoms with E-state index in [9.17, 15) is 4.79 Å². The van der Waals surface area contributed by atoms with E-state index in [1.54, 1.807) is 0 Å². The molecule has 1 saturated heterocycles. The van der Waals surface area contributed by atoms with Crippen LogP contribution < -0.4 is 0 Å². The summed E-state index contributed by atoms with van der Waals surface area (Å²) in [6, 6.07) is 21.2. The van der Waals surface area contributed by atoms with Gasteiger partial charge in [0, 0.05) is 13.0 Å². The molecule has 0 spiro atoms. The Morgan fingerprint density at radius 1 is 0.960 bits per heavy atom. The van der Waals surface area contributed by atoms with E-state index in [0.29, 0.717) is 6.42 Å². The monoisotopic (exact) mass is 335 g/mol. The van der Waals surface area contributed by atoms with Crippen LogP contribution in [0.1, 0.15) is 36.8 Å². The van der Waals surface area contributed by atoms with Gasteiger partial charge in [0.25, 0.3) is 0 Å². The Hall–Kier alpha value is -2.39. The van der Waals surface area contributed by atoms with Crippen LogP contribution in [0, 0.1) is 0 Å². The van der Waals surface area contributed by atoms with Gasteiger partial charge in [-0.2, -0.15) is 0 Å². The molecule has 2 aromatic carbocycles. The van der Waals surface area contributed by atoms with Crippen molar-refractivity contribution in [3.05, 3.63) is 77.4 Å². The number of carboxylic acid groups (broad SMARTS) is 1. The van der Waals surface area contributed by atoms with Gasteiger partial charge in [-0.15, -0.1) is 0 Å². The van der Waals surface area contributed by atoms with E-state index in [2.05, 4.69) is 65.6 Å². The second-order valence-electron chi connectivity index (χ2n) is 6.59. The molecular weight excluding hydrogens is 310 g/mol. The molecule has 0 saturated carbocycles. The van der Waals surface area contributed by atoms with E-state index in [1.807, 2.05) is 0 Å². The predicted molar refractivity (Wildman–Crippen MR) is 101 cm³/mol. The molecule has 1 N–H and O–H groups in total. The topological polar surface area (TPSA) is 40.5 Å². The molecule has 3 heteroatoms. The average molecular weight is 335 g/mol. The highest BCUT2D eigenvalue weighted by molar-refractivity contribution is 5.82. The Morgan fingerprint density at radius 3 is 2.12 bits per heavy atom. The maximum atomic E-state index is 10.8. The van der Waals surface area contributed by atoms with Gasteiger partial charge in [0.15, 0.2) is 0 Å². The molecule has 1 aliphatic heterocycles. The van der Waals surface area contributed by atoms with Gasteiger partial charge in [-0.3, -0.25) is 9.69 Å². The fourth-order valence-electron chi connectivity index (χ4n) is 3.58. The summed E-state index contributed by atoms with van der Waals surface area (Å²) in [4.78, 5) is 13.2. The number of rotatable bonds is 6. The summed E-state index contributed by atoms with van der Waals surface area (Å²) in [6.45, 7) is 2.84. The molecule has 0 unspecified atom stereocenters. The lowest BCUT2D eigenvalue weighted by molar-refractivity contribution is -0.137. The molecule has 130 valence electrons. The average Bonchev–Trinajstić information content (AvgIpc) is 2.64. The maximum Gasteiger partial charge on any atom is 0.303 e. The molecule has 0 amide bonds. The van der Waals surface area contributed by atoms with E-state index in [4.69, 9.17) is 5.11 Å². The number of benzene rings is 2. The minimum atomic E-state index is -0.706. The lowest BCUT2D eigenvalue weighted by atomic mass is 9.89. The normalized spacial score (nSPS) is 15.1. The third-order valence-corrected chi connectivity index (χ3v) is 4.71. The summed E-state index contributed by atoms with van der Waals surface area (Å²) in [6.07, 6.45) is 3.20. The van der Waals surface area contributed by atoms with Crippen molar-refractivity contribution in [1.82, 2.24) is 4.90 Å². The number of hydrogen-bond donors (Lipinski definition) is 1. The largest absolute Gasteiger partial charge is 0.481 e. The molecule has 0 aliphatic carbocycles. The Balaban J connectivity index is 1.87. The molecule has 3 nitrogen and oxygen atoms in total. The van der Waals surface area contributed by atoms with Gasteiger partial charge < -0.3 is 5.11 Å². The minimum Gasteiger partial charge on any atom is -0.481 e. The summed E-state index contributed by atoms with van der Waals surface area (Å²) >= 11 is 0. The quantitative estimate of drug-likeness (QED) is 0.848. The molecule has 3 rings (SSSR count). The maximum absolute atomic E-state index is 10.8. The zero-order valence-electron chi connectivity index (χ0n) is 14.5. The summed E-state index contributed by atoms with van der Waals surface area (Å²) in [5, 5.41) is 8.85. The zero-order chi connectivity index (χ0) is 17.5. The van der Waals surface area contributed by atoms with Gasteiger partial charge in [0.2, 0.25) is 0 Å². The van der Waals surface area contributed by atoms with Crippen LogP contribution >= 0.6 is 0 Å². The molecule has 1 fully saturated rings. The molecular formula is C22H25NO2. The minimum absolute atomic E-state index is 0.250. The van der Waals surface area contributed by atoms with Crippen molar-refractivity contribution in [3.8, 4) is 0 Å². The van der Waals surface area contributed by atoms with Crippen molar-refractivity contribution in [3.63, 3.8) is 0 Å². The van der Waals surface area contributed by atoms with Crippen LogP contribution in [0.3, 0.4) is 0 Å². The number of aliphatic carboxylic acids is 1. The van der Waals surface area contributed by atoms with E-state index >= 15 is 0 Å². The van der Waals surface area contributed by atoms with Crippen molar-refractivity contribution in [2.45, 2.75) is 25.7 Å². The smallest absolute Gasteiger partial charge is 0.303 e. The lowest BCUT2D eigenvalue weighted by Crippen LogP contribution is -2.32. The summed E-state index contributed by atoms with van der Waals surface area (Å²) in [5.74, 6) is -0.706. The highest BCUT2D eigenvalue weighted by atomic mass is 16.4. The van der Waals surface area contributed by atoms with Gasteiger partial charge >= 0.3 is 5.97 Å². The van der Waals surface area contributed by atoms with Crippen LogP contribution in [0.5, 0.6) is 0 Å². The first-order chi connectivity index (χ1) is 12.2. The molecule has 0 radical (unpaired) electrons. The second-order valence-corrected chi connectivity index (χ2v) is 6.59. The summed E-state index contributed by atoms with van der Waals surface area (Å²) in [7, 11) is 0. The van der Waals surface area contributed by atoms with E-state index in [-0.39, 0.29) is 6.42 Å². The summed E-state index contributed by atoms with van der Waals surface area (Å²) < 4.78 is 0. The van der Waals surface area contributed by atoms with Crippen LogP contribution in [0.25, 0.3) is 5.57 Å². The molecule has 1 aliphatic rings. The van der Waals surface area contributed by atoms with Crippen molar-refractivity contribution in [2.75, 3.05) is 19.6 Å². The number of hydrogen-bond acceptors (Lipinski definition) is 2. The molecule has 0 aromatic heterocycles. The Labute approximate surface area is 149 Å². The number of carboxylic acids is 1. The molecule has 0 bridgehead atoms. The molecule has 0 atom stereocenters. The second kappa shape index (κ2) is 8.63. The van der Waals surface area contributed by atoms with Crippen LogP contribution in [0.4, 0.5) is 0 Å². The first-order valence-electron chi connectivity index (χ1n) is 9.01. The SMILES string of the molecule is O=C(O)CCCN1CCCC(=C(c2ccccc2)c2ccccc2)C1. The van der Waals surface area contributed by atoms with Crippen molar-refractivity contribution >= 4 is 11.5 Å². The number of piperidine rings is 1. The van der Waals surface area contributed by atoms with Gasteiger partial charge in [0.05, 0.1) is 0 Å². The van der Waals surface area contributed by atoms with Crippen molar-refractivity contribution in [1.29, 1.82) is 0 Å². The fraction of sp³-hybridized carbons (Fsp3) is 0.318. The van der Waals surface area contributed by atoms with E-state index in [0.717, 1.165) is 32.5 Å². The van der Waals surface area contributed by atoms with Gasteiger partial charge in [0.1, 0.15) is 0 Å². The van der Waals surface area contributed by atoms with Crippen LogP contribution in [0.15, 0.2) is 66.2 Å². The Kier molecular flexibility index (Phi) is 6.02. The van der Waals surface area contributed by atoms with E-state index < -0.39 is 5.97 Å². The standard InChI is InChI=1S/C22H25NO2/c24-21(25)14-8-16-23-15-7-13-20(17-23)22(18-9-3-1-4-10-18)19-11-5-2-6-12-19/h1-6,9-12H,7-8,13-17H2,(H,24,25). The first kappa shape index (κ1) is 17.4. The molecule has 2 aromatic rings. The number of nitrogens with zero attached hydrogens (tertiary/aromatic N) is 1. The first-order valence-corrected chi connectivity index (χ1v) is 9.01. The highest BCUT2D eigenvalue weighted by Gasteiger charge is 2.19. The van der Waals surface area contributed by atoms with Gasteiger partial charge in [-0.05, 0) is 54.6 Å². The lowest BCUT2D eigenvalue weighted by Gasteiger charge is -2.30. The van der Waals surface area contributed by atoms with E-state index in [1.165, 1.54) is 22.3 Å². The molecule has 1 heterocycles. The molecule has 25 heavy (non-hydrogen) atoms. The zero-order valence-corrected chi connectivity index (χ0v) is 14.5. The van der Waals surface area contributed by atoms with Crippen LogP contribution in [0.2, 0.25) is 0 Å². The number of carbonyl (C=O) groups is 1. The Morgan fingerprint density at radius 2 is 1.56 bits per heavy atom. The number of likely N-dealkylation sites (tertiary alicyclic amines) is 1. The van der Waals surface area contributed by atoms with Gasteiger partial charge in [-0.25, -0.2) is 0 Å². The van der Waals surface area contributed by atoms with Crippen molar-refractivity contribution < 1.29 is 9.90 Å². The van der Waals surface area contributed by atoms with Crippen molar-refractivity contribution in [2.24, 2.45) is 0 Å². The Bertz CT molecular complexity index is 681. The third-order valence-electron chi connectivity index (χ3n) is 4.71. The van der Waals surface area contributed by atoms with Crippen LogP contribution in [-0.2, 0) is 4.79 Å². The highest BCUT2D eigenvalue weighted by Crippen LogP contribution is 2.31. The summed E-state index contributed by atoms with van der Waals surface area (Å²) in [5.41, 5.74) is 5.32. The predicted octanol–water partition coefficient (Wildman–Crippen LogP) is 4.45. The van der Waals surface area contributed by atoms with Crippen LogP contribution in [-0.4, -0.2) is 35.6 Å². The van der Waals surface area contributed by atoms with Gasteiger partial charge in [-0.1, -0.05) is 60.7 Å². The third kappa shape index (κ3) is 4.80. The fourth-order valence-corrected chi connectivity index (χ4v) is 3.58.